The summed E-state index contributed by atoms with van der Waals surface area (Å²) in [6.45, 7) is 4.36. The van der Waals surface area contributed by atoms with Crippen LogP contribution >= 0.6 is 0 Å². The number of carbonyl (C=O) groups is 1. The highest BCUT2D eigenvalue weighted by atomic mass is 19.1. The molecule has 1 aliphatic heterocycles. The second kappa shape index (κ2) is 10.2. The second-order valence-corrected chi connectivity index (χ2v) is 6.95. The average Bonchev–Trinajstić information content (AvgIpc) is 2.78. The van der Waals surface area contributed by atoms with E-state index in [2.05, 4.69) is 15.1 Å². The minimum Gasteiger partial charge on any atom is -0.493 e. The van der Waals surface area contributed by atoms with Gasteiger partial charge in [0.1, 0.15) is 5.82 Å². The number of benzene rings is 2. The van der Waals surface area contributed by atoms with Crippen molar-refractivity contribution in [2.75, 3.05) is 65.5 Å². The van der Waals surface area contributed by atoms with E-state index < -0.39 is 0 Å². The quantitative estimate of drug-likeness (QED) is 0.712. The van der Waals surface area contributed by atoms with Crippen molar-refractivity contribution in [3.63, 3.8) is 0 Å². The van der Waals surface area contributed by atoms with Gasteiger partial charge in [0, 0.05) is 44.8 Å². The molecule has 3 rings (SSSR count). The zero-order chi connectivity index (χ0) is 21.5. The fourth-order valence-electron chi connectivity index (χ4n) is 3.56. The third-order valence-corrected chi connectivity index (χ3v) is 5.21. The van der Waals surface area contributed by atoms with Crippen molar-refractivity contribution in [1.29, 1.82) is 0 Å². The molecule has 1 saturated heterocycles. The molecule has 1 amide bonds. The molecule has 0 radical (unpaired) electrons. The fourth-order valence-corrected chi connectivity index (χ4v) is 3.56. The molecule has 1 fully saturated rings. The van der Waals surface area contributed by atoms with Gasteiger partial charge in [-0.05, 0) is 24.3 Å². The van der Waals surface area contributed by atoms with Crippen molar-refractivity contribution in [3.8, 4) is 17.2 Å². The van der Waals surface area contributed by atoms with Gasteiger partial charge in [0.25, 0.3) is 5.91 Å². The molecule has 2 aromatic rings. The van der Waals surface area contributed by atoms with Crippen LogP contribution in [0.3, 0.4) is 0 Å². The van der Waals surface area contributed by atoms with Gasteiger partial charge in [-0.1, -0.05) is 12.1 Å². The van der Waals surface area contributed by atoms with Gasteiger partial charge in [-0.2, -0.15) is 0 Å². The second-order valence-electron chi connectivity index (χ2n) is 6.95. The Bertz CT molecular complexity index is 844. The summed E-state index contributed by atoms with van der Waals surface area (Å²) in [4.78, 5) is 16.9. The molecule has 2 aromatic carbocycles. The van der Waals surface area contributed by atoms with Crippen LogP contribution in [0, 0.1) is 5.82 Å². The number of rotatable bonds is 8. The molecule has 1 aliphatic rings. The van der Waals surface area contributed by atoms with Crippen LogP contribution in [-0.4, -0.2) is 71.4 Å². The van der Waals surface area contributed by atoms with Crippen LogP contribution in [0.1, 0.15) is 10.4 Å². The summed E-state index contributed by atoms with van der Waals surface area (Å²) in [6.07, 6.45) is 0. The van der Waals surface area contributed by atoms with Crippen molar-refractivity contribution in [2.24, 2.45) is 0 Å². The minimum absolute atomic E-state index is 0.191. The molecule has 0 aliphatic carbocycles. The molecular formula is C22H28FN3O4. The normalized spacial score (nSPS) is 14.3. The average molecular weight is 417 g/mol. The van der Waals surface area contributed by atoms with E-state index in [-0.39, 0.29) is 11.7 Å². The third kappa shape index (κ3) is 4.94. The maximum absolute atomic E-state index is 14.0. The van der Waals surface area contributed by atoms with Gasteiger partial charge in [-0.25, -0.2) is 4.39 Å². The van der Waals surface area contributed by atoms with Crippen LogP contribution in [0.2, 0.25) is 0 Å². The van der Waals surface area contributed by atoms with Gasteiger partial charge < -0.3 is 24.4 Å². The minimum atomic E-state index is -0.209. The summed E-state index contributed by atoms with van der Waals surface area (Å²) >= 11 is 0. The van der Waals surface area contributed by atoms with Gasteiger partial charge in [0.05, 0.1) is 27.0 Å². The van der Waals surface area contributed by atoms with E-state index in [4.69, 9.17) is 14.2 Å². The largest absolute Gasteiger partial charge is 0.493 e. The SMILES string of the molecule is COc1cc(C(=O)NCCN2CCN(c3ccccc3F)CC2)cc(OC)c1OC. The Hall–Kier alpha value is -3.00. The molecule has 0 unspecified atom stereocenters. The van der Waals surface area contributed by atoms with Crippen molar-refractivity contribution < 1.29 is 23.4 Å². The number of hydrogen-bond donors (Lipinski definition) is 1. The Balaban J connectivity index is 1.50. The number of amides is 1. The van der Waals surface area contributed by atoms with Crippen LogP contribution in [0.5, 0.6) is 17.2 Å². The lowest BCUT2D eigenvalue weighted by molar-refractivity contribution is 0.0947. The third-order valence-electron chi connectivity index (χ3n) is 5.21. The van der Waals surface area contributed by atoms with Crippen LogP contribution in [0.15, 0.2) is 36.4 Å². The maximum atomic E-state index is 14.0. The van der Waals surface area contributed by atoms with E-state index in [1.54, 1.807) is 18.2 Å². The summed E-state index contributed by atoms with van der Waals surface area (Å²) in [5.74, 6) is 0.921. The highest BCUT2D eigenvalue weighted by molar-refractivity contribution is 5.95. The lowest BCUT2D eigenvalue weighted by Crippen LogP contribution is -2.48. The highest BCUT2D eigenvalue weighted by Gasteiger charge is 2.20. The number of halogens is 1. The van der Waals surface area contributed by atoms with E-state index in [0.29, 0.717) is 35.0 Å². The van der Waals surface area contributed by atoms with E-state index >= 15 is 0 Å². The Morgan fingerprint density at radius 2 is 1.63 bits per heavy atom. The number of hydrogen-bond acceptors (Lipinski definition) is 6. The number of para-hydroxylation sites is 1. The van der Waals surface area contributed by atoms with E-state index in [9.17, 15) is 9.18 Å². The molecule has 1 N–H and O–H groups in total. The summed E-state index contributed by atoms with van der Waals surface area (Å²) in [5, 5.41) is 2.93. The van der Waals surface area contributed by atoms with E-state index in [0.717, 1.165) is 32.7 Å². The standard InChI is InChI=1S/C22H28FN3O4/c1-28-19-14-16(15-20(29-2)21(19)30-3)22(27)24-8-9-25-10-12-26(13-11-25)18-7-5-4-6-17(18)23/h4-7,14-15H,8-13H2,1-3H3,(H,24,27). The summed E-state index contributed by atoms with van der Waals surface area (Å²) in [6, 6.07) is 10.1. The van der Waals surface area contributed by atoms with Crippen LogP contribution in [0.25, 0.3) is 0 Å². The van der Waals surface area contributed by atoms with Crippen molar-refractivity contribution in [3.05, 3.63) is 47.8 Å². The number of anilines is 1. The maximum Gasteiger partial charge on any atom is 0.251 e. The topological polar surface area (TPSA) is 63.3 Å². The van der Waals surface area contributed by atoms with Crippen molar-refractivity contribution >= 4 is 11.6 Å². The molecule has 0 spiro atoms. The molecule has 30 heavy (non-hydrogen) atoms. The van der Waals surface area contributed by atoms with Crippen LogP contribution in [0.4, 0.5) is 10.1 Å². The lowest BCUT2D eigenvalue weighted by atomic mass is 10.1. The summed E-state index contributed by atoms with van der Waals surface area (Å²) in [7, 11) is 4.55. The number of methoxy groups -OCH3 is 3. The molecule has 1 heterocycles. The van der Waals surface area contributed by atoms with E-state index in [1.165, 1.54) is 27.4 Å². The first-order valence-corrected chi connectivity index (χ1v) is 9.87. The molecule has 8 heteroatoms. The van der Waals surface area contributed by atoms with E-state index in [1.807, 2.05) is 12.1 Å². The first kappa shape index (κ1) is 21.7. The molecule has 0 aromatic heterocycles. The van der Waals surface area contributed by atoms with Gasteiger partial charge in [0.15, 0.2) is 11.5 Å². The van der Waals surface area contributed by atoms with Gasteiger partial charge in [-0.3, -0.25) is 9.69 Å². The zero-order valence-electron chi connectivity index (χ0n) is 17.6. The molecule has 0 bridgehead atoms. The Kier molecular flexibility index (Phi) is 7.35. The highest BCUT2D eigenvalue weighted by Crippen LogP contribution is 2.38. The Morgan fingerprint density at radius 3 is 2.20 bits per heavy atom. The Morgan fingerprint density at radius 1 is 1.00 bits per heavy atom. The number of nitrogens with one attached hydrogen (secondary N) is 1. The first-order chi connectivity index (χ1) is 14.6. The van der Waals surface area contributed by atoms with Gasteiger partial charge >= 0.3 is 0 Å². The number of piperazine rings is 1. The smallest absolute Gasteiger partial charge is 0.251 e. The molecule has 7 nitrogen and oxygen atoms in total. The lowest BCUT2D eigenvalue weighted by Gasteiger charge is -2.36. The van der Waals surface area contributed by atoms with Crippen LogP contribution < -0.4 is 24.4 Å². The number of nitrogens with zero attached hydrogens (tertiary/aromatic N) is 2. The molecular weight excluding hydrogens is 389 g/mol. The number of carbonyl (C=O) groups excluding carboxylic acids is 1. The molecule has 0 saturated carbocycles. The predicted octanol–water partition coefficient (Wildman–Crippen LogP) is 2.40. The van der Waals surface area contributed by atoms with Crippen LogP contribution in [-0.2, 0) is 0 Å². The predicted molar refractivity (Wildman–Crippen MR) is 113 cm³/mol. The fraction of sp³-hybridized carbons (Fsp3) is 0.409. The first-order valence-electron chi connectivity index (χ1n) is 9.87. The summed E-state index contributed by atoms with van der Waals surface area (Å²) < 4.78 is 29.8. The van der Waals surface area contributed by atoms with Crippen molar-refractivity contribution in [2.45, 2.75) is 0 Å². The van der Waals surface area contributed by atoms with Crippen molar-refractivity contribution in [1.82, 2.24) is 10.2 Å². The molecule has 162 valence electrons. The number of ether oxygens (including phenoxy) is 3. The molecule has 0 atom stereocenters. The Labute approximate surface area is 176 Å². The van der Waals surface area contributed by atoms with Gasteiger partial charge in [-0.15, -0.1) is 0 Å². The zero-order valence-corrected chi connectivity index (χ0v) is 17.6. The summed E-state index contributed by atoms with van der Waals surface area (Å²) in [5.41, 5.74) is 1.08. The monoisotopic (exact) mass is 417 g/mol. The van der Waals surface area contributed by atoms with Gasteiger partial charge in [0.2, 0.25) is 5.75 Å².